The Morgan fingerprint density at radius 3 is 2.54 bits per heavy atom. The van der Waals surface area contributed by atoms with Crippen LogP contribution >= 0.6 is 35.0 Å². The lowest BCUT2D eigenvalue weighted by Gasteiger charge is -2.26. The van der Waals surface area contributed by atoms with E-state index < -0.39 is 27.9 Å². The maximum Gasteiger partial charge on any atom is 0.294 e. The molecular weight excluding hydrogens is 423 g/mol. The number of thioether (sulfide) groups is 1. The Morgan fingerprint density at radius 2 is 1.89 bits per heavy atom. The maximum atomic E-state index is 12.7. The van der Waals surface area contributed by atoms with Gasteiger partial charge >= 0.3 is 0 Å². The zero-order valence-corrected chi connectivity index (χ0v) is 17.1. The number of allylic oxidation sites excluding steroid dienone is 1. The van der Waals surface area contributed by atoms with Crippen LogP contribution in [0.5, 0.6) is 0 Å². The van der Waals surface area contributed by atoms with Crippen molar-refractivity contribution in [1.82, 2.24) is 4.90 Å². The first-order valence-corrected chi connectivity index (χ1v) is 10.1. The monoisotopic (exact) mass is 440 g/mol. The lowest BCUT2D eigenvalue weighted by Crippen LogP contribution is -2.36. The van der Waals surface area contributed by atoms with Gasteiger partial charge in [-0.15, -0.1) is 23.2 Å². The van der Waals surface area contributed by atoms with Crippen LogP contribution in [0.25, 0.3) is 0 Å². The number of nitrogens with two attached hydrogens (primary N) is 1. The summed E-state index contributed by atoms with van der Waals surface area (Å²) >= 11 is 13.1. The van der Waals surface area contributed by atoms with Crippen molar-refractivity contribution in [3.8, 4) is 0 Å². The van der Waals surface area contributed by atoms with Gasteiger partial charge in [0, 0.05) is 5.56 Å². The van der Waals surface area contributed by atoms with E-state index >= 15 is 0 Å². The summed E-state index contributed by atoms with van der Waals surface area (Å²) in [6, 6.07) is 6.56. The molecule has 1 saturated carbocycles. The number of amidine groups is 1. The molecule has 0 unspecified atom stereocenters. The van der Waals surface area contributed by atoms with Crippen molar-refractivity contribution in [1.29, 1.82) is 5.41 Å². The van der Waals surface area contributed by atoms with Crippen LogP contribution in [-0.2, 0) is 9.59 Å². The first-order chi connectivity index (χ1) is 13.2. The number of imide groups is 1. The summed E-state index contributed by atoms with van der Waals surface area (Å²) in [5.41, 5.74) is 7.06. The Labute approximate surface area is 176 Å². The molecule has 1 aromatic carbocycles. The summed E-state index contributed by atoms with van der Waals surface area (Å²) in [6.45, 7) is -0.414. The summed E-state index contributed by atoms with van der Waals surface area (Å²) in [4.78, 5) is 38.6. The molecule has 1 saturated heterocycles. The highest BCUT2D eigenvalue weighted by Crippen LogP contribution is 2.44. The van der Waals surface area contributed by atoms with Gasteiger partial charge in [-0.25, -0.2) is 0 Å². The van der Waals surface area contributed by atoms with Gasteiger partial charge in [0.2, 0.25) is 5.91 Å². The number of halogens is 2. The van der Waals surface area contributed by atoms with E-state index in [0.29, 0.717) is 41.8 Å². The van der Waals surface area contributed by atoms with E-state index in [0.717, 1.165) is 22.2 Å². The molecule has 28 heavy (non-hydrogen) atoms. The van der Waals surface area contributed by atoms with E-state index in [1.807, 2.05) is 0 Å². The molecule has 0 aromatic heterocycles. The van der Waals surface area contributed by atoms with Crippen LogP contribution in [0.3, 0.4) is 0 Å². The summed E-state index contributed by atoms with van der Waals surface area (Å²) in [7, 11) is 0. The van der Waals surface area contributed by atoms with E-state index in [1.54, 1.807) is 24.3 Å². The molecule has 0 spiro atoms. The molecule has 3 rings (SSSR count). The number of hydrogen-bond donors (Lipinski definition) is 3. The first-order valence-electron chi connectivity index (χ1n) is 8.55. The van der Waals surface area contributed by atoms with Crippen LogP contribution < -0.4 is 11.1 Å². The smallest absolute Gasteiger partial charge is 0.294 e. The SMILES string of the molecule is N=C(N)c1ccccc1NC(=O)CN1C(=O)SC(=C2CCC(Cl)(Cl)CC2)C1=O. The molecule has 2 fully saturated rings. The van der Waals surface area contributed by atoms with Crippen LogP contribution in [0.1, 0.15) is 31.2 Å². The van der Waals surface area contributed by atoms with Gasteiger partial charge in [0.25, 0.3) is 11.1 Å². The number of hydrogen-bond acceptors (Lipinski definition) is 5. The minimum Gasteiger partial charge on any atom is -0.384 e. The molecule has 1 aromatic rings. The molecule has 0 radical (unpaired) electrons. The van der Waals surface area contributed by atoms with Gasteiger partial charge in [0.05, 0.1) is 10.6 Å². The number of amides is 3. The number of alkyl halides is 2. The topological polar surface area (TPSA) is 116 Å². The molecule has 148 valence electrons. The van der Waals surface area contributed by atoms with Crippen molar-refractivity contribution in [3.63, 3.8) is 0 Å². The predicted octanol–water partition coefficient (Wildman–Crippen LogP) is 3.61. The Hall–Kier alpha value is -2.03. The number of anilines is 1. The summed E-state index contributed by atoms with van der Waals surface area (Å²) in [6.07, 6.45) is 2.11. The molecule has 0 atom stereocenters. The van der Waals surface area contributed by atoms with Crippen molar-refractivity contribution in [2.75, 3.05) is 11.9 Å². The normalized spacial score (nSPS) is 19.1. The second-order valence-corrected chi connectivity index (χ2v) is 9.16. The third-order valence-corrected chi connectivity index (χ3v) is 6.37. The van der Waals surface area contributed by atoms with Gasteiger partial charge < -0.3 is 11.1 Å². The summed E-state index contributed by atoms with van der Waals surface area (Å²) < 4.78 is -0.802. The fourth-order valence-corrected chi connectivity index (χ4v) is 4.41. The molecule has 1 aliphatic carbocycles. The summed E-state index contributed by atoms with van der Waals surface area (Å²) in [5, 5.41) is 9.67. The lowest BCUT2D eigenvalue weighted by atomic mass is 9.93. The van der Waals surface area contributed by atoms with Crippen LogP contribution in [0.4, 0.5) is 10.5 Å². The first kappa shape index (κ1) is 20.7. The molecule has 7 nitrogen and oxygen atoms in total. The Balaban J connectivity index is 1.70. The molecule has 0 bridgehead atoms. The number of benzene rings is 1. The van der Waals surface area contributed by atoms with Gasteiger partial charge in [-0.3, -0.25) is 24.7 Å². The minimum atomic E-state index is -0.802. The quantitative estimate of drug-likeness (QED) is 0.286. The Bertz CT molecular complexity index is 889. The highest BCUT2D eigenvalue weighted by Gasteiger charge is 2.40. The number of nitrogen functional groups attached to an aromatic ring is 1. The minimum absolute atomic E-state index is 0.196. The maximum absolute atomic E-state index is 12.7. The van der Waals surface area contributed by atoms with Crippen LogP contribution in [0.15, 0.2) is 34.7 Å². The molecule has 1 aliphatic heterocycles. The van der Waals surface area contributed by atoms with E-state index in [1.165, 1.54) is 0 Å². The van der Waals surface area contributed by atoms with E-state index in [9.17, 15) is 14.4 Å². The second-order valence-electron chi connectivity index (χ2n) is 6.56. The van der Waals surface area contributed by atoms with Gasteiger partial charge in [0.15, 0.2) is 0 Å². The van der Waals surface area contributed by atoms with Crippen molar-refractivity contribution in [2.24, 2.45) is 5.73 Å². The number of carbonyl (C=O) groups excluding carboxylic acids is 3. The highest BCUT2D eigenvalue weighted by atomic mass is 35.5. The van der Waals surface area contributed by atoms with Crippen molar-refractivity contribution in [2.45, 2.75) is 30.0 Å². The molecule has 1 heterocycles. The average molecular weight is 441 g/mol. The van der Waals surface area contributed by atoms with Crippen LogP contribution in [0, 0.1) is 5.41 Å². The molecule has 10 heteroatoms. The fraction of sp³-hybridized carbons (Fsp3) is 0.333. The number of nitrogens with zero attached hydrogens (tertiary/aromatic N) is 1. The zero-order chi connectivity index (χ0) is 20.5. The number of rotatable bonds is 4. The number of carbonyl (C=O) groups is 3. The van der Waals surface area contributed by atoms with Gasteiger partial charge in [-0.2, -0.15) is 0 Å². The standard InChI is InChI=1S/C18H18Cl2N4O3S/c19-18(20)7-5-10(6-8-18)14-16(26)24(17(27)28-14)9-13(25)23-12-4-2-1-3-11(12)15(21)22/h1-4H,5-9H2,(H3,21,22)(H,23,25). The van der Waals surface area contributed by atoms with E-state index in [-0.39, 0.29) is 5.84 Å². The number of para-hydroxylation sites is 1. The third kappa shape index (κ3) is 4.51. The predicted molar refractivity (Wildman–Crippen MR) is 111 cm³/mol. The van der Waals surface area contributed by atoms with Crippen molar-refractivity contribution >= 4 is 63.5 Å². The number of nitrogens with one attached hydrogen (secondary N) is 2. The van der Waals surface area contributed by atoms with Gasteiger partial charge in [-0.1, -0.05) is 17.7 Å². The average Bonchev–Trinajstić information content (AvgIpc) is 2.90. The van der Waals surface area contributed by atoms with Gasteiger partial charge in [0.1, 0.15) is 16.7 Å². The second kappa shape index (κ2) is 8.14. The fourth-order valence-electron chi connectivity index (χ4n) is 3.06. The van der Waals surface area contributed by atoms with Crippen molar-refractivity contribution in [3.05, 3.63) is 40.3 Å². The van der Waals surface area contributed by atoms with Crippen LogP contribution in [-0.4, -0.2) is 38.7 Å². The molecular formula is C18H18Cl2N4O3S. The zero-order valence-electron chi connectivity index (χ0n) is 14.8. The lowest BCUT2D eigenvalue weighted by molar-refractivity contribution is -0.127. The molecule has 2 aliphatic rings. The third-order valence-electron chi connectivity index (χ3n) is 4.55. The van der Waals surface area contributed by atoms with E-state index in [2.05, 4.69) is 5.32 Å². The summed E-state index contributed by atoms with van der Waals surface area (Å²) in [5.74, 6) is -1.22. The van der Waals surface area contributed by atoms with E-state index in [4.69, 9.17) is 34.3 Å². The molecule has 3 amide bonds. The largest absolute Gasteiger partial charge is 0.384 e. The molecule has 4 N–H and O–H groups in total. The van der Waals surface area contributed by atoms with Gasteiger partial charge in [-0.05, 0) is 49.6 Å². The Morgan fingerprint density at radius 1 is 1.25 bits per heavy atom. The van der Waals surface area contributed by atoms with Crippen molar-refractivity contribution < 1.29 is 14.4 Å². The highest BCUT2D eigenvalue weighted by molar-refractivity contribution is 8.18. The Kier molecular flexibility index (Phi) is 6.02. The van der Waals surface area contributed by atoms with Crippen LogP contribution in [0.2, 0.25) is 0 Å².